The molecule has 1 aromatic carbocycles. The number of nitrogens with zero attached hydrogens (tertiary/aromatic N) is 2. The first-order valence-corrected chi connectivity index (χ1v) is 7.14. The van der Waals surface area contributed by atoms with Crippen LogP contribution in [0.15, 0.2) is 26.1 Å². The van der Waals surface area contributed by atoms with Gasteiger partial charge >= 0.3 is 111 Å². The Morgan fingerprint density at radius 3 is 2.89 bits per heavy atom. The summed E-state index contributed by atoms with van der Waals surface area (Å²) in [6.07, 6.45) is 0. The van der Waals surface area contributed by atoms with E-state index >= 15 is 0 Å². The number of hydrogen-bond donors (Lipinski definition) is 1. The Labute approximate surface area is 112 Å². The molecule has 96 valence electrons. The van der Waals surface area contributed by atoms with Crippen molar-refractivity contribution in [2.75, 3.05) is 11.9 Å². The molecule has 1 amide bonds. The first-order valence-electron chi connectivity index (χ1n) is 5.61. The van der Waals surface area contributed by atoms with Gasteiger partial charge in [-0.2, -0.15) is 0 Å². The number of carbonyl (C=O) groups excluding carboxylic acids is 1. The zero-order chi connectivity index (χ0) is 13.2. The maximum absolute atomic E-state index is 11.8. The van der Waals surface area contributed by atoms with E-state index in [1.807, 2.05) is 39.0 Å². The van der Waals surface area contributed by atoms with Gasteiger partial charge in [-0.1, -0.05) is 0 Å². The van der Waals surface area contributed by atoms with Crippen molar-refractivity contribution in [2.45, 2.75) is 26.4 Å². The van der Waals surface area contributed by atoms with Gasteiger partial charge in [0.1, 0.15) is 0 Å². The van der Waals surface area contributed by atoms with E-state index in [2.05, 4.69) is 13.2 Å². The van der Waals surface area contributed by atoms with Crippen molar-refractivity contribution in [1.82, 2.24) is 0 Å². The standard InChI is InChI=1S/C12H15N3O2Se/c1-12(2,3)17-7-10(16)13-8-5-4-6-9-11(8)15-18-14-9/h4-6H,7H2,1-3H3,(H,13,16). The summed E-state index contributed by atoms with van der Waals surface area (Å²) in [5.41, 5.74) is 2.02. The molecule has 0 aliphatic carbocycles. The average molecular weight is 312 g/mol. The van der Waals surface area contributed by atoms with Gasteiger partial charge in [0.15, 0.2) is 0 Å². The van der Waals surface area contributed by atoms with Crippen molar-refractivity contribution in [1.29, 1.82) is 0 Å². The summed E-state index contributed by atoms with van der Waals surface area (Å²) in [5.74, 6) is -0.173. The zero-order valence-corrected chi connectivity index (χ0v) is 12.3. The van der Waals surface area contributed by atoms with E-state index in [9.17, 15) is 4.79 Å². The number of carbonyl (C=O) groups is 1. The molecule has 18 heavy (non-hydrogen) atoms. The van der Waals surface area contributed by atoms with Crippen molar-refractivity contribution >= 4 is 37.5 Å². The van der Waals surface area contributed by atoms with Crippen LogP contribution in [0.4, 0.5) is 17.1 Å². The van der Waals surface area contributed by atoms with Crippen molar-refractivity contribution in [2.24, 2.45) is 7.92 Å². The second-order valence-electron chi connectivity index (χ2n) is 4.89. The van der Waals surface area contributed by atoms with Gasteiger partial charge in [0.2, 0.25) is 0 Å². The predicted molar refractivity (Wildman–Crippen MR) is 70.7 cm³/mol. The van der Waals surface area contributed by atoms with Crippen molar-refractivity contribution in [3.8, 4) is 0 Å². The van der Waals surface area contributed by atoms with Crippen LogP contribution in [0.2, 0.25) is 0 Å². The van der Waals surface area contributed by atoms with Crippen molar-refractivity contribution in [3.63, 3.8) is 0 Å². The number of rotatable bonds is 3. The third-order valence-corrected chi connectivity index (χ3v) is 3.33. The van der Waals surface area contributed by atoms with Crippen LogP contribution in [-0.4, -0.2) is 32.7 Å². The van der Waals surface area contributed by atoms with E-state index in [1.165, 1.54) is 0 Å². The molecule has 0 aromatic heterocycles. The third-order valence-electron chi connectivity index (χ3n) is 2.20. The summed E-state index contributed by atoms with van der Waals surface area (Å²) in [4.78, 5) is 11.8. The van der Waals surface area contributed by atoms with E-state index in [4.69, 9.17) is 4.74 Å². The van der Waals surface area contributed by atoms with Gasteiger partial charge < -0.3 is 0 Å². The molecule has 0 saturated carbocycles. The molecule has 1 aliphatic heterocycles. The molecular formula is C12H15N3O2Se. The molecule has 0 fully saturated rings. The molecule has 0 unspecified atom stereocenters. The van der Waals surface area contributed by atoms with E-state index < -0.39 is 0 Å². The molecule has 5 nitrogen and oxygen atoms in total. The van der Waals surface area contributed by atoms with Gasteiger partial charge in [0.05, 0.1) is 0 Å². The van der Waals surface area contributed by atoms with Gasteiger partial charge in [-0.25, -0.2) is 0 Å². The van der Waals surface area contributed by atoms with Gasteiger partial charge in [-0.3, -0.25) is 0 Å². The van der Waals surface area contributed by atoms with Gasteiger partial charge in [-0.05, 0) is 0 Å². The summed E-state index contributed by atoms with van der Waals surface area (Å²) in [5, 5.41) is 2.81. The summed E-state index contributed by atoms with van der Waals surface area (Å²) in [7, 11) is 0. The first-order chi connectivity index (χ1) is 8.46. The van der Waals surface area contributed by atoms with Crippen LogP contribution in [0.5, 0.6) is 0 Å². The summed E-state index contributed by atoms with van der Waals surface area (Å²) >= 11 is -0.0922. The van der Waals surface area contributed by atoms with E-state index in [0.29, 0.717) is 5.69 Å². The second-order valence-corrected chi connectivity index (χ2v) is 6.00. The number of hydrogen-bond acceptors (Lipinski definition) is 4. The molecule has 1 aromatic rings. The summed E-state index contributed by atoms with van der Waals surface area (Å²) in [6, 6.07) is 5.59. The Kier molecular flexibility index (Phi) is 3.80. The molecule has 0 saturated heterocycles. The zero-order valence-electron chi connectivity index (χ0n) is 10.6. The Morgan fingerprint density at radius 1 is 1.39 bits per heavy atom. The maximum atomic E-state index is 11.8. The van der Waals surface area contributed by atoms with Crippen molar-refractivity contribution < 1.29 is 9.53 Å². The van der Waals surface area contributed by atoms with Crippen LogP contribution in [0.25, 0.3) is 0 Å². The SMILES string of the molecule is CC(C)(C)OCC(=O)Nc1cccc2c1N=[Se]=N2. The third kappa shape index (κ3) is 3.38. The fourth-order valence-corrected chi connectivity index (χ4v) is 2.53. The van der Waals surface area contributed by atoms with E-state index in [-0.39, 0.29) is 32.7 Å². The minimum absolute atomic E-state index is 0.0372. The molecular weight excluding hydrogens is 297 g/mol. The Balaban J connectivity index is 2.01. The van der Waals surface area contributed by atoms with Crippen LogP contribution >= 0.6 is 0 Å². The summed E-state index contributed by atoms with van der Waals surface area (Å²) in [6.45, 7) is 5.78. The number of nitrogens with one attached hydrogen (secondary N) is 1. The molecule has 0 atom stereocenters. The fraction of sp³-hybridized carbons (Fsp3) is 0.417. The van der Waals surface area contributed by atoms with Gasteiger partial charge in [-0.15, -0.1) is 0 Å². The number of ether oxygens (including phenoxy) is 1. The average Bonchev–Trinajstić information content (AvgIpc) is 2.74. The number of fused-ring (bicyclic) bond motifs is 1. The Bertz CT molecular complexity index is 543. The quantitative estimate of drug-likeness (QED) is 0.886. The van der Waals surface area contributed by atoms with Crippen LogP contribution in [0.3, 0.4) is 0 Å². The molecule has 1 N–H and O–H groups in total. The molecule has 0 radical (unpaired) electrons. The summed E-state index contributed by atoms with van der Waals surface area (Å²) < 4.78 is 14.0. The molecule has 0 spiro atoms. The fourth-order valence-electron chi connectivity index (χ4n) is 1.38. The second kappa shape index (κ2) is 5.18. The molecule has 2 rings (SSSR count). The first kappa shape index (κ1) is 13.2. The molecule has 0 bridgehead atoms. The van der Waals surface area contributed by atoms with E-state index in [1.54, 1.807) is 0 Å². The number of amides is 1. The molecule has 1 aliphatic rings. The molecule has 1 heterocycles. The Morgan fingerprint density at radius 2 is 2.17 bits per heavy atom. The monoisotopic (exact) mass is 313 g/mol. The van der Waals surface area contributed by atoms with Crippen molar-refractivity contribution in [3.05, 3.63) is 18.2 Å². The normalized spacial score (nSPS) is 13.1. The van der Waals surface area contributed by atoms with E-state index in [0.717, 1.165) is 11.4 Å². The molecule has 6 heteroatoms. The minimum atomic E-state index is -0.321. The van der Waals surface area contributed by atoms with Crippen LogP contribution in [-0.2, 0) is 9.53 Å². The predicted octanol–water partition coefficient (Wildman–Crippen LogP) is 2.79. The van der Waals surface area contributed by atoms with Gasteiger partial charge in [0, 0.05) is 0 Å². The van der Waals surface area contributed by atoms with Crippen LogP contribution in [0.1, 0.15) is 20.8 Å². The Hall–Kier alpha value is -1.23. The topological polar surface area (TPSA) is 63.0 Å². The van der Waals surface area contributed by atoms with Crippen LogP contribution in [0, 0.1) is 0 Å². The van der Waals surface area contributed by atoms with Crippen LogP contribution < -0.4 is 5.32 Å². The number of benzene rings is 1. The number of anilines is 1. The van der Waals surface area contributed by atoms with Gasteiger partial charge in [0.25, 0.3) is 0 Å².